The molecule has 10 aromatic rings. The van der Waals surface area contributed by atoms with E-state index in [1.54, 1.807) is 30.3 Å². The van der Waals surface area contributed by atoms with Crippen LogP contribution in [0.4, 0.5) is 0 Å². The van der Waals surface area contributed by atoms with Gasteiger partial charge in [-0.15, -0.1) is 0 Å². The summed E-state index contributed by atoms with van der Waals surface area (Å²) in [4.78, 5) is 30.0. The summed E-state index contributed by atoms with van der Waals surface area (Å²) in [7, 11) is 2.64. The van der Waals surface area contributed by atoms with Crippen LogP contribution < -0.4 is 4.74 Å². The van der Waals surface area contributed by atoms with Crippen LogP contribution in [0.5, 0.6) is 17.2 Å². The Kier molecular flexibility index (Phi) is 11.4. The number of aromatic hydroxyl groups is 1. The average molecular weight is 832 g/mol. The van der Waals surface area contributed by atoms with Gasteiger partial charge >= 0.3 is 11.9 Å². The van der Waals surface area contributed by atoms with Crippen LogP contribution in [0.1, 0.15) is 28.1 Å². The summed E-state index contributed by atoms with van der Waals surface area (Å²) in [6, 6.07) is 50.9. The number of benzene rings is 8. The Morgan fingerprint density at radius 2 is 0.966 bits per heavy atom. The maximum absolute atomic E-state index is 12.1. The van der Waals surface area contributed by atoms with Crippen molar-refractivity contribution in [2.75, 3.05) is 14.2 Å². The number of aromatic amines is 2. The van der Waals surface area contributed by atoms with Crippen molar-refractivity contribution in [2.24, 2.45) is 0 Å². The Hall–Kier alpha value is -7.10. The SMILES string of the molecule is Brc1cc2ccccc2c2c1[nH]c1ccccc12.C.COC(=O)c1ccccc1O.COC(=O)c1ccccc1Oc1cc2ccccc2c2c1[nH]c1ccccc12. The lowest BCUT2D eigenvalue weighted by Crippen LogP contribution is -2.03. The van der Waals surface area contributed by atoms with E-state index in [1.165, 1.54) is 58.9 Å². The van der Waals surface area contributed by atoms with Crippen LogP contribution in [0.3, 0.4) is 0 Å². The first kappa shape index (κ1) is 39.1. The Morgan fingerprint density at radius 3 is 1.57 bits per heavy atom. The molecule has 0 atom stereocenters. The van der Waals surface area contributed by atoms with Gasteiger partial charge < -0.3 is 29.3 Å². The predicted molar refractivity (Wildman–Crippen MR) is 238 cm³/mol. The van der Waals surface area contributed by atoms with Crippen molar-refractivity contribution in [3.05, 3.63) is 173 Å². The second-order valence-electron chi connectivity index (χ2n) is 13.1. The number of halogens is 1. The monoisotopic (exact) mass is 830 g/mol. The van der Waals surface area contributed by atoms with E-state index < -0.39 is 11.9 Å². The van der Waals surface area contributed by atoms with Crippen LogP contribution >= 0.6 is 15.9 Å². The number of hydrogen-bond acceptors (Lipinski definition) is 6. The smallest absolute Gasteiger partial charge is 0.341 e. The topological polar surface area (TPSA) is 114 Å². The lowest BCUT2D eigenvalue weighted by Gasteiger charge is -2.12. The van der Waals surface area contributed by atoms with E-state index in [4.69, 9.17) is 14.6 Å². The third-order valence-corrected chi connectivity index (χ3v) is 10.4. The summed E-state index contributed by atoms with van der Waals surface area (Å²) >= 11 is 3.66. The zero-order valence-electron chi connectivity index (χ0n) is 30.9. The van der Waals surface area contributed by atoms with E-state index in [0.717, 1.165) is 37.1 Å². The number of rotatable bonds is 4. The number of aromatic nitrogens is 2. The maximum Gasteiger partial charge on any atom is 0.341 e. The molecule has 9 heteroatoms. The fraction of sp³-hybridized carbons (Fsp3) is 0.0612. The van der Waals surface area contributed by atoms with E-state index in [1.807, 2.05) is 36.4 Å². The molecule has 0 radical (unpaired) electrons. The quantitative estimate of drug-likeness (QED) is 0.152. The van der Waals surface area contributed by atoms with Gasteiger partial charge in [-0.3, -0.25) is 0 Å². The van der Waals surface area contributed by atoms with Crippen molar-refractivity contribution < 1.29 is 28.9 Å². The molecule has 2 aromatic heterocycles. The Bertz CT molecular complexity index is 3110. The van der Waals surface area contributed by atoms with Crippen molar-refractivity contribution >= 4 is 93.0 Å². The second kappa shape index (κ2) is 17.0. The van der Waals surface area contributed by atoms with Crippen LogP contribution in [0.15, 0.2) is 162 Å². The third-order valence-electron chi connectivity index (χ3n) is 9.75. The summed E-state index contributed by atoms with van der Waals surface area (Å²) in [5.74, 6) is 0.123. The van der Waals surface area contributed by atoms with Crippen molar-refractivity contribution in [2.45, 2.75) is 7.43 Å². The van der Waals surface area contributed by atoms with Crippen molar-refractivity contribution in [1.29, 1.82) is 0 Å². The molecule has 0 bridgehead atoms. The molecule has 0 fully saturated rings. The van der Waals surface area contributed by atoms with Gasteiger partial charge in [0.15, 0.2) is 5.75 Å². The van der Waals surface area contributed by atoms with Crippen LogP contribution in [-0.4, -0.2) is 41.2 Å². The Morgan fingerprint density at radius 1 is 0.517 bits per heavy atom. The molecule has 0 amide bonds. The lowest BCUT2D eigenvalue weighted by atomic mass is 10.0. The number of phenolic OH excluding ortho intramolecular Hbond substituents is 1. The lowest BCUT2D eigenvalue weighted by molar-refractivity contribution is 0.0588. The molecule has 8 nitrogen and oxygen atoms in total. The number of hydrogen-bond donors (Lipinski definition) is 3. The number of ether oxygens (including phenoxy) is 3. The van der Waals surface area contributed by atoms with Gasteiger partial charge in [0.2, 0.25) is 0 Å². The molecule has 0 saturated carbocycles. The summed E-state index contributed by atoms with van der Waals surface area (Å²) in [5.41, 5.74) is 4.89. The number of phenols is 1. The van der Waals surface area contributed by atoms with Crippen LogP contribution in [0.25, 0.3) is 65.2 Å². The fourth-order valence-electron chi connectivity index (χ4n) is 7.12. The van der Waals surface area contributed by atoms with E-state index in [2.05, 4.69) is 109 Å². The van der Waals surface area contributed by atoms with Gasteiger partial charge in [0, 0.05) is 37.1 Å². The molecular weight excluding hydrogens is 792 g/mol. The molecule has 0 aliphatic carbocycles. The van der Waals surface area contributed by atoms with Crippen LogP contribution in [0, 0.1) is 0 Å². The van der Waals surface area contributed by atoms with E-state index in [0.29, 0.717) is 17.1 Å². The van der Waals surface area contributed by atoms with Gasteiger partial charge in [-0.1, -0.05) is 117 Å². The Balaban J connectivity index is 0.000000146. The number of fused-ring (bicyclic) bond motifs is 10. The highest BCUT2D eigenvalue weighted by Gasteiger charge is 2.18. The van der Waals surface area contributed by atoms with Crippen molar-refractivity contribution in [3.8, 4) is 17.2 Å². The molecule has 8 aromatic carbocycles. The predicted octanol–water partition coefficient (Wildman–Crippen LogP) is 13.1. The van der Waals surface area contributed by atoms with Gasteiger partial charge in [-0.25, -0.2) is 9.59 Å². The van der Waals surface area contributed by atoms with Gasteiger partial charge in [-0.05, 0) is 86.0 Å². The van der Waals surface area contributed by atoms with Gasteiger partial charge in [-0.2, -0.15) is 0 Å². The standard InChI is InChI=1S/C24H17NO3.C16H10BrN.C8H8O3.CH4/c1-27-24(26)18-11-5-7-13-20(18)28-21-14-15-8-2-3-9-16(15)22-17-10-4-6-12-19(17)25-23(21)22;17-13-9-10-5-1-2-6-11(10)15-12-7-3-4-8-14(12)18-16(13)15;1-11-8(10)6-4-2-3-5-7(6)9;/h2-14,25H,1H3;1-9,18H;2-5,9H,1H3;1H4. The molecule has 0 aliphatic rings. The van der Waals surface area contributed by atoms with Crippen LogP contribution in [-0.2, 0) is 9.47 Å². The molecule has 10 rings (SSSR count). The second-order valence-corrected chi connectivity index (χ2v) is 14.0. The minimum atomic E-state index is -0.525. The van der Waals surface area contributed by atoms with E-state index in [9.17, 15) is 9.59 Å². The molecule has 288 valence electrons. The highest BCUT2D eigenvalue weighted by atomic mass is 79.9. The number of carbonyl (C=O) groups is 2. The summed E-state index contributed by atoms with van der Waals surface area (Å²) in [6.45, 7) is 0. The molecular formula is C49H39BrN2O6. The largest absolute Gasteiger partial charge is 0.507 e. The molecule has 2 heterocycles. The molecule has 0 unspecified atom stereocenters. The molecule has 58 heavy (non-hydrogen) atoms. The molecule has 3 N–H and O–H groups in total. The Labute approximate surface area is 342 Å². The maximum atomic E-state index is 12.1. The number of H-pyrrole nitrogens is 2. The normalized spacial score (nSPS) is 10.7. The zero-order chi connectivity index (χ0) is 39.5. The third kappa shape index (κ3) is 7.43. The highest BCUT2D eigenvalue weighted by molar-refractivity contribution is 9.10. The van der Waals surface area contributed by atoms with Crippen molar-refractivity contribution in [3.63, 3.8) is 0 Å². The zero-order valence-corrected chi connectivity index (χ0v) is 32.5. The molecule has 0 spiro atoms. The summed E-state index contributed by atoms with van der Waals surface area (Å²) in [6.07, 6.45) is 0. The average Bonchev–Trinajstić information content (AvgIpc) is 3.85. The minimum Gasteiger partial charge on any atom is -0.507 e. The van der Waals surface area contributed by atoms with Crippen LogP contribution in [0.2, 0.25) is 0 Å². The number of carbonyl (C=O) groups excluding carboxylic acids is 2. The number of para-hydroxylation sites is 4. The highest BCUT2D eigenvalue weighted by Crippen LogP contribution is 2.40. The van der Waals surface area contributed by atoms with Gasteiger partial charge in [0.1, 0.15) is 22.6 Å². The minimum absolute atomic E-state index is 0. The fourth-order valence-corrected chi connectivity index (χ4v) is 7.66. The number of nitrogens with one attached hydrogen (secondary N) is 2. The first-order valence-corrected chi connectivity index (χ1v) is 18.9. The van der Waals surface area contributed by atoms with Gasteiger partial charge in [0.05, 0.1) is 25.3 Å². The van der Waals surface area contributed by atoms with Crippen molar-refractivity contribution in [1.82, 2.24) is 9.97 Å². The van der Waals surface area contributed by atoms with E-state index in [-0.39, 0.29) is 18.7 Å². The molecule has 0 saturated heterocycles. The first-order chi connectivity index (χ1) is 27.9. The number of methoxy groups -OCH3 is 2. The van der Waals surface area contributed by atoms with E-state index >= 15 is 0 Å². The first-order valence-electron chi connectivity index (χ1n) is 18.1. The molecule has 0 aliphatic heterocycles. The van der Waals surface area contributed by atoms with Gasteiger partial charge in [0.25, 0.3) is 0 Å². The summed E-state index contributed by atoms with van der Waals surface area (Å²) < 4.78 is 16.7. The number of esters is 2. The summed E-state index contributed by atoms with van der Waals surface area (Å²) in [5, 5.41) is 18.7.